The van der Waals surface area contributed by atoms with Crippen LogP contribution in [0, 0.1) is 17.7 Å². The monoisotopic (exact) mass is 314 g/mol. The van der Waals surface area contributed by atoms with Crippen molar-refractivity contribution >= 4 is 10.0 Å². The van der Waals surface area contributed by atoms with E-state index < -0.39 is 15.8 Å². The molecule has 1 aliphatic carbocycles. The second-order valence-corrected chi connectivity index (χ2v) is 7.87. The Morgan fingerprint density at radius 1 is 1.24 bits per heavy atom. The molecule has 0 aromatic heterocycles. The summed E-state index contributed by atoms with van der Waals surface area (Å²) in [6.45, 7) is 4.32. The highest BCUT2D eigenvalue weighted by atomic mass is 32.2. The van der Waals surface area contributed by atoms with Gasteiger partial charge >= 0.3 is 0 Å². The Bertz CT molecular complexity index is 594. The molecule has 4 nitrogen and oxygen atoms in total. The molecule has 0 saturated heterocycles. The fraction of sp³-hybridized carbons (Fsp3) is 0.600. The van der Waals surface area contributed by atoms with Crippen LogP contribution in [0.4, 0.5) is 4.39 Å². The quantitative estimate of drug-likeness (QED) is 0.896. The van der Waals surface area contributed by atoms with Gasteiger partial charge < -0.3 is 5.73 Å². The van der Waals surface area contributed by atoms with E-state index in [0.29, 0.717) is 17.4 Å². The van der Waals surface area contributed by atoms with E-state index >= 15 is 0 Å². The van der Waals surface area contributed by atoms with Gasteiger partial charge in [-0.05, 0) is 48.8 Å². The molecule has 2 unspecified atom stereocenters. The zero-order valence-corrected chi connectivity index (χ0v) is 13.3. The molecule has 1 aliphatic rings. The van der Waals surface area contributed by atoms with Crippen LogP contribution in [0.1, 0.15) is 38.7 Å². The van der Waals surface area contributed by atoms with Crippen molar-refractivity contribution in [1.82, 2.24) is 4.72 Å². The van der Waals surface area contributed by atoms with Gasteiger partial charge in [0.25, 0.3) is 0 Å². The zero-order chi connectivity index (χ0) is 15.6. The van der Waals surface area contributed by atoms with E-state index in [1.807, 2.05) is 0 Å². The van der Waals surface area contributed by atoms with Crippen LogP contribution in [0.25, 0.3) is 0 Å². The number of hydrogen-bond acceptors (Lipinski definition) is 3. The molecule has 1 aromatic carbocycles. The molecule has 0 bridgehead atoms. The highest BCUT2D eigenvalue weighted by Crippen LogP contribution is 2.29. The maximum atomic E-state index is 13.4. The Balaban J connectivity index is 2.24. The first-order chi connectivity index (χ1) is 9.81. The van der Waals surface area contributed by atoms with Gasteiger partial charge in [0.1, 0.15) is 5.82 Å². The van der Waals surface area contributed by atoms with E-state index in [-0.39, 0.29) is 17.5 Å². The van der Waals surface area contributed by atoms with Crippen LogP contribution in [0.2, 0.25) is 0 Å². The van der Waals surface area contributed by atoms with E-state index in [2.05, 4.69) is 18.6 Å². The van der Waals surface area contributed by atoms with Crippen molar-refractivity contribution in [2.75, 3.05) is 0 Å². The average Bonchev–Trinajstić information content (AvgIpc) is 2.36. The number of rotatable bonds is 4. The summed E-state index contributed by atoms with van der Waals surface area (Å²) in [6.07, 6.45) is 2.75. The number of sulfonamides is 1. The highest BCUT2D eigenvalue weighted by molar-refractivity contribution is 7.89. The molecule has 0 aliphatic heterocycles. The molecule has 1 saturated carbocycles. The van der Waals surface area contributed by atoms with E-state index in [1.165, 1.54) is 12.1 Å². The van der Waals surface area contributed by atoms with Crippen molar-refractivity contribution in [3.63, 3.8) is 0 Å². The minimum atomic E-state index is -3.74. The van der Waals surface area contributed by atoms with Crippen molar-refractivity contribution < 1.29 is 12.8 Å². The second-order valence-electron chi connectivity index (χ2n) is 6.19. The molecule has 6 heteroatoms. The van der Waals surface area contributed by atoms with Gasteiger partial charge in [0.15, 0.2) is 0 Å². The van der Waals surface area contributed by atoms with Crippen molar-refractivity contribution in [2.45, 2.75) is 50.6 Å². The van der Waals surface area contributed by atoms with Gasteiger partial charge in [-0.15, -0.1) is 0 Å². The fourth-order valence-electron chi connectivity index (χ4n) is 3.27. The lowest BCUT2D eigenvalue weighted by Gasteiger charge is -2.31. The van der Waals surface area contributed by atoms with E-state index in [0.717, 1.165) is 25.3 Å². The van der Waals surface area contributed by atoms with Gasteiger partial charge in [-0.2, -0.15) is 0 Å². The minimum Gasteiger partial charge on any atom is -0.326 e. The van der Waals surface area contributed by atoms with Crippen LogP contribution in [0.15, 0.2) is 23.1 Å². The molecule has 21 heavy (non-hydrogen) atoms. The molecule has 0 spiro atoms. The smallest absolute Gasteiger partial charge is 0.241 e. The lowest BCUT2D eigenvalue weighted by atomic mass is 9.81. The molecule has 1 aromatic rings. The summed E-state index contributed by atoms with van der Waals surface area (Å²) in [4.78, 5) is -0.0455. The van der Waals surface area contributed by atoms with Crippen molar-refractivity contribution in [3.05, 3.63) is 29.6 Å². The SMILES string of the molecule is CC1CC(C)CC(NS(=O)(=O)c2cc(F)ccc2CN)C1. The third-order valence-corrected chi connectivity index (χ3v) is 5.64. The third-order valence-electron chi connectivity index (χ3n) is 4.04. The predicted octanol–water partition coefficient (Wildman–Crippen LogP) is 2.39. The van der Waals surface area contributed by atoms with E-state index in [1.54, 1.807) is 0 Å². The molecule has 0 heterocycles. The standard InChI is InChI=1S/C15H23FN2O2S/c1-10-5-11(2)7-14(6-10)18-21(19,20)15-8-13(16)4-3-12(15)9-17/h3-4,8,10-11,14,18H,5-7,9,17H2,1-2H3. The van der Waals surface area contributed by atoms with Gasteiger partial charge in [0.05, 0.1) is 4.90 Å². The van der Waals surface area contributed by atoms with Gasteiger partial charge in [0, 0.05) is 12.6 Å². The Morgan fingerprint density at radius 3 is 2.43 bits per heavy atom. The van der Waals surface area contributed by atoms with Crippen LogP contribution in [0.5, 0.6) is 0 Å². The largest absolute Gasteiger partial charge is 0.326 e. The Morgan fingerprint density at radius 2 is 1.86 bits per heavy atom. The summed E-state index contributed by atoms with van der Waals surface area (Å²) in [5.41, 5.74) is 5.99. The number of benzene rings is 1. The van der Waals surface area contributed by atoms with Crippen LogP contribution in [0.3, 0.4) is 0 Å². The summed E-state index contributed by atoms with van der Waals surface area (Å²) in [5, 5.41) is 0. The maximum Gasteiger partial charge on any atom is 0.241 e. The van der Waals surface area contributed by atoms with Gasteiger partial charge in [-0.25, -0.2) is 17.5 Å². The normalized spacial score (nSPS) is 26.8. The molecule has 2 rings (SSSR count). The average molecular weight is 314 g/mol. The molecular formula is C15H23FN2O2S. The van der Waals surface area contributed by atoms with E-state index in [9.17, 15) is 12.8 Å². The second kappa shape index (κ2) is 6.42. The number of nitrogens with two attached hydrogens (primary N) is 1. The predicted molar refractivity (Wildman–Crippen MR) is 80.6 cm³/mol. The third kappa shape index (κ3) is 4.02. The molecule has 0 amide bonds. The molecule has 118 valence electrons. The lowest BCUT2D eigenvalue weighted by molar-refractivity contribution is 0.257. The Labute approximate surface area is 126 Å². The summed E-state index contributed by atoms with van der Waals surface area (Å²) >= 11 is 0. The first-order valence-electron chi connectivity index (χ1n) is 7.32. The summed E-state index contributed by atoms with van der Waals surface area (Å²) in [7, 11) is -3.74. The molecule has 3 N–H and O–H groups in total. The molecule has 1 fully saturated rings. The first kappa shape index (κ1) is 16.4. The highest BCUT2D eigenvalue weighted by Gasteiger charge is 2.29. The number of nitrogens with one attached hydrogen (secondary N) is 1. The van der Waals surface area contributed by atoms with Crippen LogP contribution >= 0.6 is 0 Å². The van der Waals surface area contributed by atoms with E-state index in [4.69, 9.17) is 5.73 Å². The Hall–Kier alpha value is -0.980. The Kier molecular flexibility index (Phi) is 5.01. The van der Waals surface area contributed by atoms with Gasteiger partial charge in [-0.3, -0.25) is 0 Å². The maximum absolute atomic E-state index is 13.4. The first-order valence-corrected chi connectivity index (χ1v) is 8.81. The lowest BCUT2D eigenvalue weighted by Crippen LogP contribution is -2.40. The summed E-state index contributed by atoms with van der Waals surface area (Å²) in [6, 6.07) is 3.60. The van der Waals surface area contributed by atoms with Crippen LogP contribution in [-0.4, -0.2) is 14.5 Å². The van der Waals surface area contributed by atoms with Crippen molar-refractivity contribution in [3.8, 4) is 0 Å². The van der Waals surface area contributed by atoms with Gasteiger partial charge in [0.2, 0.25) is 10.0 Å². The topological polar surface area (TPSA) is 72.2 Å². The summed E-state index contributed by atoms with van der Waals surface area (Å²) < 4.78 is 41.1. The van der Waals surface area contributed by atoms with Crippen molar-refractivity contribution in [1.29, 1.82) is 0 Å². The van der Waals surface area contributed by atoms with Crippen LogP contribution in [-0.2, 0) is 16.6 Å². The minimum absolute atomic E-state index is 0.0455. The fourth-order valence-corrected chi connectivity index (χ4v) is 4.80. The number of hydrogen-bond donors (Lipinski definition) is 2. The van der Waals surface area contributed by atoms with Crippen LogP contribution < -0.4 is 10.5 Å². The van der Waals surface area contributed by atoms with Gasteiger partial charge in [-0.1, -0.05) is 19.9 Å². The van der Waals surface area contributed by atoms with Crippen molar-refractivity contribution in [2.24, 2.45) is 17.6 Å². The molecule has 0 radical (unpaired) electrons. The molecular weight excluding hydrogens is 291 g/mol. The summed E-state index contributed by atoms with van der Waals surface area (Å²) in [5.74, 6) is 0.406. The molecule has 2 atom stereocenters. The number of halogens is 1. The zero-order valence-electron chi connectivity index (χ0n) is 12.5.